The topological polar surface area (TPSA) is 37.0 Å². The van der Waals surface area contributed by atoms with Crippen LogP contribution < -0.4 is 10.1 Å². The van der Waals surface area contributed by atoms with Crippen LogP contribution in [0.1, 0.15) is 24.1 Å². The minimum absolute atomic E-state index is 0.237. The molecule has 108 valence electrons. The standard InChI is InChI=1S/C18H20N2O/c1-13(16-5-3-4-6-18(16)21-2)20-12-14-7-8-15-9-10-19-17(15)11-14/h3-11,13,19-20H,12H2,1-2H3. The average molecular weight is 280 g/mol. The lowest BCUT2D eigenvalue weighted by Crippen LogP contribution is -2.18. The van der Waals surface area contributed by atoms with Crippen molar-refractivity contribution in [2.24, 2.45) is 0 Å². The largest absolute Gasteiger partial charge is 0.496 e. The predicted molar refractivity (Wildman–Crippen MR) is 86.5 cm³/mol. The van der Waals surface area contributed by atoms with Crippen LogP contribution >= 0.6 is 0 Å². The molecule has 21 heavy (non-hydrogen) atoms. The van der Waals surface area contributed by atoms with Gasteiger partial charge in [0.2, 0.25) is 0 Å². The first-order valence-electron chi connectivity index (χ1n) is 7.20. The van der Waals surface area contributed by atoms with Gasteiger partial charge in [0.05, 0.1) is 7.11 Å². The van der Waals surface area contributed by atoms with E-state index in [4.69, 9.17) is 4.74 Å². The molecule has 0 spiro atoms. The summed E-state index contributed by atoms with van der Waals surface area (Å²) in [5.74, 6) is 0.928. The van der Waals surface area contributed by atoms with E-state index in [0.29, 0.717) is 0 Å². The van der Waals surface area contributed by atoms with E-state index in [1.165, 1.54) is 22.0 Å². The highest BCUT2D eigenvalue weighted by Gasteiger charge is 2.10. The summed E-state index contributed by atoms with van der Waals surface area (Å²) in [5, 5.41) is 4.80. The number of ether oxygens (including phenoxy) is 1. The van der Waals surface area contributed by atoms with Crippen molar-refractivity contribution in [1.29, 1.82) is 0 Å². The van der Waals surface area contributed by atoms with E-state index in [1.54, 1.807) is 7.11 Å². The summed E-state index contributed by atoms with van der Waals surface area (Å²) in [7, 11) is 1.71. The van der Waals surface area contributed by atoms with E-state index in [2.05, 4.69) is 47.6 Å². The van der Waals surface area contributed by atoms with Crippen LogP contribution in [-0.4, -0.2) is 12.1 Å². The number of benzene rings is 2. The summed E-state index contributed by atoms with van der Waals surface area (Å²) in [6.45, 7) is 2.99. The maximum atomic E-state index is 5.42. The Morgan fingerprint density at radius 2 is 2.00 bits per heavy atom. The van der Waals surface area contributed by atoms with Crippen molar-refractivity contribution in [2.45, 2.75) is 19.5 Å². The first-order chi connectivity index (χ1) is 10.3. The molecule has 0 saturated carbocycles. The van der Waals surface area contributed by atoms with Crippen LogP contribution in [0.5, 0.6) is 5.75 Å². The Bertz CT molecular complexity index is 733. The Labute approximate surface area is 125 Å². The summed E-state index contributed by atoms with van der Waals surface area (Å²) in [6.07, 6.45) is 1.97. The Balaban J connectivity index is 1.71. The Morgan fingerprint density at radius 3 is 2.86 bits per heavy atom. The zero-order valence-electron chi connectivity index (χ0n) is 12.4. The minimum Gasteiger partial charge on any atom is -0.496 e. The van der Waals surface area contributed by atoms with Gasteiger partial charge in [-0.05, 0) is 36.1 Å². The molecular formula is C18H20N2O. The monoisotopic (exact) mass is 280 g/mol. The van der Waals surface area contributed by atoms with E-state index >= 15 is 0 Å². The van der Waals surface area contributed by atoms with Gasteiger partial charge in [0.15, 0.2) is 0 Å². The van der Waals surface area contributed by atoms with Crippen molar-refractivity contribution in [3.05, 3.63) is 65.9 Å². The molecule has 1 unspecified atom stereocenters. The van der Waals surface area contributed by atoms with Gasteiger partial charge >= 0.3 is 0 Å². The number of fused-ring (bicyclic) bond motifs is 1. The third-order valence-electron chi connectivity index (χ3n) is 3.84. The highest BCUT2D eigenvalue weighted by atomic mass is 16.5. The molecule has 0 aliphatic heterocycles. The number of aromatic amines is 1. The highest BCUT2D eigenvalue weighted by molar-refractivity contribution is 5.79. The summed E-state index contributed by atoms with van der Waals surface area (Å²) in [6, 6.07) is 17.0. The lowest BCUT2D eigenvalue weighted by molar-refractivity contribution is 0.401. The summed E-state index contributed by atoms with van der Waals surface area (Å²) in [5.41, 5.74) is 3.63. The van der Waals surface area contributed by atoms with Gasteiger partial charge in [-0.2, -0.15) is 0 Å². The lowest BCUT2D eigenvalue weighted by atomic mass is 10.1. The first-order valence-corrected chi connectivity index (χ1v) is 7.20. The van der Waals surface area contributed by atoms with Crippen molar-refractivity contribution < 1.29 is 4.74 Å². The van der Waals surface area contributed by atoms with Crippen molar-refractivity contribution in [2.75, 3.05) is 7.11 Å². The van der Waals surface area contributed by atoms with Crippen LogP contribution in [-0.2, 0) is 6.54 Å². The van der Waals surface area contributed by atoms with Crippen molar-refractivity contribution in [1.82, 2.24) is 10.3 Å². The molecule has 2 N–H and O–H groups in total. The Morgan fingerprint density at radius 1 is 1.14 bits per heavy atom. The SMILES string of the molecule is COc1ccccc1C(C)NCc1ccc2cc[nH]c2c1. The number of nitrogens with one attached hydrogen (secondary N) is 2. The summed E-state index contributed by atoms with van der Waals surface area (Å²) >= 11 is 0. The van der Waals surface area contributed by atoms with E-state index in [0.717, 1.165) is 12.3 Å². The number of para-hydroxylation sites is 1. The quantitative estimate of drug-likeness (QED) is 0.740. The van der Waals surface area contributed by atoms with Gasteiger partial charge in [0, 0.05) is 29.9 Å². The van der Waals surface area contributed by atoms with Gasteiger partial charge in [-0.15, -0.1) is 0 Å². The molecule has 0 amide bonds. The molecule has 3 rings (SSSR count). The molecule has 1 aromatic heterocycles. The second-order valence-corrected chi connectivity index (χ2v) is 5.24. The summed E-state index contributed by atoms with van der Waals surface area (Å²) in [4.78, 5) is 3.25. The first kappa shape index (κ1) is 13.7. The molecule has 0 radical (unpaired) electrons. The normalized spacial score (nSPS) is 12.5. The molecule has 2 aromatic carbocycles. The van der Waals surface area contributed by atoms with Crippen molar-refractivity contribution in [3.8, 4) is 5.75 Å². The number of hydrogen-bond acceptors (Lipinski definition) is 2. The minimum atomic E-state index is 0.237. The maximum absolute atomic E-state index is 5.42. The molecule has 0 aliphatic carbocycles. The second kappa shape index (κ2) is 6.02. The van der Waals surface area contributed by atoms with Gasteiger partial charge in [0.25, 0.3) is 0 Å². The zero-order valence-corrected chi connectivity index (χ0v) is 12.4. The van der Waals surface area contributed by atoms with E-state index < -0.39 is 0 Å². The van der Waals surface area contributed by atoms with Crippen LogP contribution in [0.4, 0.5) is 0 Å². The van der Waals surface area contributed by atoms with Crippen LogP contribution in [0.25, 0.3) is 10.9 Å². The van der Waals surface area contributed by atoms with Crippen LogP contribution in [0.15, 0.2) is 54.7 Å². The van der Waals surface area contributed by atoms with E-state index in [9.17, 15) is 0 Å². The third kappa shape index (κ3) is 2.93. The van der Waals surface area contributed by atoms with Gasteiger partial charge < -0.3 is 15.0 Å². The van der Waals surface area contributed by atoms with Crippen LogP contribution in [0.2, 0.25) is 0 Å². The third-order valence-corrected chi connectivity index (χ3v) is 3.84. The smallest absolute Gasteiger partial charge is 0.123 e. The zero-order chi connectivity index (χ0) is 14.7. The summed E-state index contributed by atoms with van der Waals surface area (Å²) < 4.78 is 5.42. The molecule has 3 nitrogen and oxygen atoms in total. The van der Waals surface area contributed by atoms with Gasteiger partial charge in [0.1, 0.15) is 5.75 Å². The highest BCUT2D eigenvalue weighted by Crippen LogP contribution is 2.24. The Kier molecular flexibility index (Phi) is 3.93. The molecule has 3 heteroatoms. The maximum Gasteiger partial charge on any atom is 0.123 e. The molecule has 0 fully saturated rings. The molecule has 0 aliphatic rings. The number of H-pyrrole nitrogens is 1. The molecule has 0 saturated heterocycles. The predicted octanol–water partition coefficient (Wildman–Crippen LogP) is 4.03. The molecule has 1 atom stereocenters. The second-order valence-electron chi connectivity index (χ2n) is 5.24. The number of rotatable bonds is 5. The van der Waals surface area contributed by atoms with E-state index in [1.807, 2.05) is 24.4 Å². The average Bonchev–Trinajstić information content (AvgIpc) is 3.00. The number of aromatic nitrogens is 1. The van der Waals surface area contributed by atoms with Crippen molar-refractivity contribution >= 4 is 10.9 Å². The van der Waals surface area contributed by atoms with Gasteiger partial charge in [-0.25, -0.2) is 0 Å². The number of methoxy groups -OCH3 is 1. The lowest BCUT2D eigenvalue weighted by Gasteiger charge is -2.17. The Hall–Kier alpha value is -2.26. The van der Waals surface area contributed by atoms with Gasteiger partial charge in [-0.1, -0.05) is 30.3 Å². The van der Waals surface area contributed by atoms with Crippen molar-refractivity contribution in [3.63, 3.8) is 0 Å². The molecule has 1 heterocycles. The fourth-order valence-corrected chi connectivity index (χ4v) is 2.61. The van der Waals surface area contributed by atoms with Crippen LogP contribution in [0, 0.1) is 0 Å². The van der Waals surface area contributed by atoms with E-state index in [-0.39, 0.29) is 6.04 Å². The fraction of sp³-hybridized carbons (Fsp3) is 0.222. The number of hydrogen-bond donors (Lipinski definition) is 2. The molecule has 0 bridgehead atoms. The molecule has 3 aromatic rings. The molecular weight excluding hydrogens is 260 g/mol. The fourth-order valence-electron chi connectivity index (χ4n) is 2.61. The van der Waals surface area contributed by atoms with Gasteiger partial charge in [-0.3, -0.25) is 0 Å². The van der Waals surface area contributed by atoms with Crippen LogP contribution in [0.3, 0.4) is 0 Å².